The Balaban J connectivity index is 0.000000167. The molecule has 0 unspecified atom stereocenters. The van der Waals surface area contributed by atoms with Crippen molar-refractivity contribution in [3.8, 4) is 22.5 Å². The smallest absolute Gasteiger partial charge is 0.0239 e. The summed E-state index contributed by atoms with van der Waals surface area (Å²) < 4.78 is 2.59. The molecule has 237 valence electrons. The number of pyridine rings is 2. The molecule has 0 atom stereocenters. The van der Waals surface area contributed by atoms with Crippen LogP contribution in [0.25, 0.3) is 42.7 Å². The average molecular weight is 807 g/mol. The Kier molecular flexibility index (Phi) is 11.1. The maximum absolute atomic E-state index is 4.59. The molecule has 0 N–H and O–H groups in total. The molecular weight excluding hydrogens is 769 g/mol. The van der Waals surface area contributed by atoms with E-state index in [9.17, 15) is 0 Å². The normalized spacial score (nSPS) is 13.1. The van der Waals surface area contributed by atoms with E-state index in [1.54, 1.807) is 0 Å². The van der Waals surface area contributed by atoms with Crippen LogP contribution in [0.4, 0.5) is 0 Å². The third-order valence-corrected chi connectivity index (χ3v) is 10.2. The number of hydrogen-bond donors (Lipinski definition) is 0. The van der Waals surface area contributed by atoms with Gasteiger partial charge in [-0.1, -0.05) is 104 Å². The van der Waals surface area contributed by atoms with Gasteiger partial charge in [-0.15, -0.1) is 59.7 Å². The van der Waals surface area contributed by atoms with Crippen LogP contribution >= 0.6 is 11.3 Å². The van der Waals surface area contributed by atoms with Crippen LogP contribution in [-0.2, 0) is 32.9 Å². The van der Waals surface area contributed by atoms with E-state index in [1.807, 2.05) is 41.9 Å². The number of nitrogens with zero attached hydrogens (tertiary/aromatic N) is 2. The minimum atomic E-state index is 0. The molecule has 1 fully saturated rings. The van der Waals surface area contributed by atoms with Gasteiger partial charge in [0.05, 0.1) is 0 Å². The molecule has 8 rings (SSSR count). The Hall–Kier alpha value is -3.95. The minimum Gasteiger partial charge on any atom is -0.305 e. The number of thiophene rings is 1. The molecule has 4 aromatic carbocycles. The maximum Gasteiger partial charge on any atom is 0.0239 e. The van der Waals surface area contributed by atoms with Gasteiger partial charge in [-0.05, 0) is 76.0 Å². The molecule has 3 heterocycles. The second kappa shape index (κ2) is 15.8. The van der Waals surface area contributed by atoms with Crippen LogP contribution in [-0.4, -0.2) is 9.97 Å². The Bertz CT molecular complexity index is 2050. The van der Waals surface area contributed by atoms with Crippen LogP contribution in [0.5, 0.6) is 0 Å². The number of benzene rings is 4. The maximum atomic E-state index is 4.59. The van der Waals surface area contributed by atoms with E-state index in [1.165, 1.54) is 81.0 Å². The zero-order valence-electron chi connectivity index (χ0n) is 26.7. The van der Waals surface area contributed by atoms with Gasteiger partial charge in [0.25, 0.3) is 0 Å². The second-order valence-electron chi connectivity index (χ2n) is 12.4. The van der Waals surface area contributed by atoms with Crippen LogP contribution in [0.15, 0.2) is 122 Å². The van der Waals surface area contributed by atoms with E-state index in [4.69, 9.17) is 0 Å². The summed E-state index contributed by atoms with van der Waals surface area (Å²) in [5, 5.41) is 2.60. The summed E-state index contributed by atoms with van der Waals surface area (Å²) in [6, 6.07) is 44.8. The molecule has 47 heavy (non-hydrogen) atoms. The molecule has 0 saturated heterocycles. The second-order valence-corrected chi connectivity index (χ2v) is 13.5. The quantitative estimate of drug-likeness (QED) is 0.156. The topological polar surface area (TPSA) is 25.8 Å². The van der Waals surface area contributed by atoms with Crippen molar-refractivity contribution in [1.29, 1.82) is 0 Å². The summed E-state index contributed by atoms with van der Waals surface area (Å²) in [6.45, 7) is 2.18. The van der Waals surface area contributed by atoms with Crippen LogP contribution in [0.1, 0.15) is 54.4 Å². The molecule has 7 aromatic rings. The van der Waals surface area contributed by atoms with Crippen LogP contribution in [0, 0.1) is 25.0 Å². The van der Waals surface area contributed by atoms with Crippen molar-refractivity contribution in [3.63, 3.8) is 0 Å². The molecule has 1 aliphatic carbocycles. The van der Waals surface area contributed by atoms with Gasteiger partial charge in [-0.3, -0.25) is 0 Å². The number of rotatable bonds is 6. The van der Waals surface area contributed by atoms with Crippen molar-refractivity contribution in [3.05, 3.63) is 156 Å². The molecule has 4 heteroatoms. The standard InChI is InChI=1S/C24H16NS.C19H22N.Ir/c1-2-6-17(7-3-1)14-18-12-13-25-22(15-18)19-10-11-24-21(16-19)20-8-4-5-9-23(20)26-24;1-15-14-20-19(17-10-6-3-7-11-17)13-18(15)12-16-8-4-2-5-9-16;/h1-9,11-13,15-16H,14H2;3,6-7,10,13-14,16H,2,4-5,8-9,12H2,1H3;/q2*-1;. The Labute approximate surface area is 296 Å². The zero-order chi connectivity index (χ0) is 31.1. The van der Waals surface area contributed by atoms with Gasteiger partial charge in [0, 0.05) is 37.2 Å². The van der Waals surface area contributed by atoms with Gasteiger partial charge in [0.15, 0.2) is 0 Å². The third kappa shape index (κ3) is 8.14. The van der Waals surface area contributed by atoms with E-state index < -0.39 is 0 Å². The van der Waals surface area contributed by atoms with E-state index >= 15 is 0 Å². The molecule has 1 saturated carbocycles. The fourth-order valence-electron chi connectivity index (χ4n) is 6.57. The number of hydrogen-bond acceptors (Lipinski definition) is 3. The van der Waals surface area contributed by atoms with E-state index in [0.717, 1.165) is 34.9 Å². The van der Waals surface area contributed by atoms with Crippen molar-refractivity contribution < 1.29 is 20.1 Å². The molecule has 3 aromatic heterocycles. The number of aromatic nitrogens is 2. The van der Waals surface area contributed by atoms with Crippen molar-refractivity contribution in [2.45, 2.75) is 51.9 Å². The average Bonchev–Trinajstić information content (AvgIpc) is 3.49. The van der Waals surface area contributed by atoms with Crippen LogP contribution < -0.4 is 0 Å². The summed E-state index contributed by atoms with van der Waals surface area (Å²) in [5.41, 5.74) is 9.57. The molecule has 0 aliphatic heterocycles. The largest absolute Gasteiger partial charge is 0.305 e. The summed E-state index contributed by atoms with van der Waals surface area (Å²) in [5.74, 6) is 0.873. The fourth-order valence-corrected chi connectivity index (χ4v) is 7.64. The fraction of sp³-hybridized carbons (Fsp3) is 0.209. The SMILES string of the molecule is Cc1cnc(-c2[c-]cccc2)cc1CC1CCCCC1.[Ir].[c-]1cc2sc3ccccc3c2cc1-c1cc(Cc2ccccc2)ccn1. The monoisotopic (exact) mass is 807 g/mol. The van der Waals surface area contributed by atoms with Gasteiger partial charge in [-0.25, -0.2) is 0 Å². The summed E-state index contributed by atoms with van der Waals surface area (Å²) in [4.78, 5) is 9.17. The zero-order valence-corrected chi connectivity index (χ0v) is 29.9. The molecule has 0 amide bonds. The van der Waals surface area contributed by atoms with Crippen LogP contribution in [0.3, 0.4) is 0 Å². The summed E-state index contributed by atoms with van der Waals surface area (Å²) in [7, 11) is 0. The van der Waals surface area contributed by atoms with Crippen molar-refractivity contribution in [2.75, 3.05) is 0 Å². The van der Waals surface area contributed by atoms with Crippen molar-refractivity contribution in [2.24, 2.45) is 5.92 Å². The number of aryl methyl sites for hydroxylation is 1. The Morgan fingerprint density at radius 2 is 1.49 bits per heavy atom. The van der Waals surface area contributed by atoms with Gasteiger partial charge >= 0.3 is 0 Å². The Morgan fingerprint density at radius 3 is 2.32 bits per heavy atom. The summed E-state index contributed by atoms with van der Waals surface area (Å²) >= 11 is 1.82. The molecule has 0 spiro atoms. The molecular formula is C43H38IrN2S-2. The van der Waals surface area contributed by atoms with E-state index in [-0.39, 0.29) is 20.1 Å². The molecule has 1 radical (unpaired) electrons. The van der Waals surface area contributed by atoms with Crippen molar-refractivity contribution >= 4 is 31.5 Å². The van der Waals surface area contributed by atoms with Gasteiger partial charge in [-0.2, -0.15) is 11.3 Å². The number of fused-ring (bicyclic) bond motifs is 3. The first kappa shape index (κ1) is 33.0. The van der Waals surface area contributed by atoms with Crippen molar-refractivity contribution in [1.82, 2.24) is 9.97 Å². The van der Waals surface area contributed by atoms with E-state index in [2.05, 4.69) is 120 Å². The predicted octanol–water partition coefficient (Wildman–Crippen LogP) is 11.5. The van der Waals surface area contributed by atoms with Crippen LogP contribution in [0.2, 0.25) is 0 Å². The minimum absolute atomic E-state index is 0. The first-order valence-corrected chi connectivity index (χ1v) is 17.3. The third-order valence-electron chi connectivity index (χ3n) is 9.09. The Morgan fingerprint density at radius 1 is 0.702 bits per heavy atom. The predicted molar refractivity (Wildman–Crippen MR) is 194 cm³/mol. The van der Waals surface area contributed by atoms with E-state index in [0.29, 0.717) is 0 Å². The summed E-state index contributed by atoms with van der Waals surface area (Å²) in [6.07, 6.45) is 13.1. The molecule has 2 nitrogen and oxygen atoms in total. The molecule has 1 aliphatic rings. The molecule has 0 bridgehead atoms. The van der Waals surface area contributed by atoms with Gasteiger partial charge in [0.1, 0.15) is 0 Å². The first-order valence-electron chi connectivity index (χ1n) is 16.4. The van der Waals surface area contributed by atoms with Gasteiger partial charge in [0.2, 0.25) is 0 Å². The first-order chi connectivity index (χ1) is 22.7. The van der Waals surface area contributed by atoms with Gasteiger partial charge < -0.3 is 9.97 Å².